The first-order valence-electron chi connectivity index (χ1n) is 7.59. The van der Waals surface area contributed by atoms with E-state index in [0.717, 1.165) is 16.9 Å². The van der Waals surface area contributed by atoms with Gasteiger partial charge >= 0.3 is 5.97 Å². The molecule has 0 aliphatic carbocycles. The van der Waals surface area contributed by atoms with Crippen LogP contribution in [0.25, 0.3) is 16.7 Å². The number of aryl methyl sites for hydroxylation is 2. The van der Waals surface area contributed by atoms with E-state index in [-0.39, 0.29) is 11.5 Å². The number of carboxylic acids is 1. The fraction of sp³-hybridized carbons (Fsp3) is 0.278. The topological polar surface area (TPSA) is 68.0 Å². The van der Waals surface area contributed by atoms with Crippen molar-refractivity contribution in [3.05, 3.63) is 52.8 Å². The summed E-state index contributed by atoms with van der Waals surface area (Å²) in [6.07, 6.45) is 0. The van der Waals surface area contributed by atoms with Crippen LogP contribution in [-0.2, 0) is 0 Å². The van der Waals surface area contributed by atoms with Crippen molar-refractivity contribution < 1.29 is 9.90 Å². The molecule has 0 atom stereocenters. The summed E-state index contributed by atoms with van der Waals surface area (Å²) in [5.41, 5.74) is 4.31. The molecule has 0 aliphatic heterocycles. The minimum atomic E-state index is -0.953. The van der Waals surface area contributed by atoms with Crippen LogP contribution < -0.4 is 0 Å². The van der Waals surface area contributed by atoms with Crippen LogP contribution in [0.5, 0.6) is 0 Å². The Morgan fingerprint density at radius 2 is 1.83 bits per heavy atom. The van der Waals surface area contributed by atoms with Crippen LogP contribution in [0.3, 0.4) is 0 Å². The SMILES string of the molecule is Cc1ccc(-n2nc(C(C)C)c3c(C(=O)O)cc(C)nc32)cc1. The van der Waals surface area contributed by atoms with Gasteiger partial charge in [-0.25, -0.2) is 14.5 Å². The fourth-order valence-corrected chi connectivity index (χ4v) is 2.71. The third-order valence-electron chi connectivity index (χ3n) is 3.85. The van der Waals surface area contributed by atoms with Crippen LogP contribution in [0.2, 0.25) is 0 Å². The summed E-state index contributed by atoms with van der Waals surface area (Å²) in [6.45, 7) is 7.84. The first-order valence-corrected chi connectivity index (χ1v) is 7.59. The number of aromatic carboxylic acids is 1. The number of hydrogen-bond acceptors (Lipinski definition) is 3. The lowest BCUT2D eigenvalue weighted by Gasteiger charge is -2.05. The van der Waals surface area contributed by atoms with E-state index in [1.54, 1.807) is 17.7 Å². The number of rotatable bonds is 3. The minimum absolute atomic E-state index is 0.104. The molecule has 0 saturated heterocycles. The van der Waals surface area contributed by atoms with E-state index in [1.807, 2.05) is 45.0 Å². The van der Waals surface area contributed by atoms with E-state index in [4.69, 9.17) is 0 Å². The molecule has 2 aromatic heterocycles. The Morgan fingerprint density at radius 1 is 1.17 bits per heavy atom. The molecule has 0 aliphatic rings. The van der Waals surface area contributed by atoms with E-state index >= 15 is 0 Å². The smallest absolute Gasteiger partial charge is 0.336 e. The Balaban J connectivity index is 2.40. The van der Waals surface area contributed by atoms with Gasteiger partial charge in [0.2, 0.25) is 0 Å². The second kappa shape index (κ2) is 5.50. The van der Waals surface area contributed by atoms with E-state index in [2.05, 4.69) is 10.1 Å². The zero-order valence-corrected chi connectivity index (χ0v) is 13.7. The number of pyridine rings is 1. The summed E-state index contributed by atoms with van der Waals surface area (Å²) in [4.78, 5) is 16.2. The predicted octanol–water partition coefficient (Wildman–Crippen LogP) is 3.86. The van der Waals surface area contributed by atoms with Gasteiger partial charge in [-0.1, -0.05) is 31.5 Å². The number of benzene rings is 1. The third-order valence-corrected chi connectivity index (χ3v) is 3.85. The lowest BCUT2D eigenvalue weighted by Crippen LogP contribution is -2.02. The van der Waals surface area contributed by atoms with Crippen LogP contribution in [0, 0.1) is 13.8 Å². The van der Waals surface area contributed by atoms with Crippen molar-refractivity contribution in [2.45, 2.75) is 33.6 Å². The molecule has 0 unspecified atom stereocenters. The van der Waals surface area contributed by atoms with E-state index in [1.165, 1.54) is 0 Å². The highest BCUT2D eigenvalue weighted by molar-refractivity contribution is 6.03. The second-order valence-electron chi connectivity index (χ2n) is 6.10. The zero-order chi connectivity index (χ0) is 16.7. The monoisotopic (exact) mass is 309 g/mol. The van der Waals surface area contributed by atoms with Gasteiger partial charge in [0.05, 0.1) is 22.3 Å². The molecule has 0 bridgehead atoms. The number of carbonyl (C=O) groups is 1. The molecule has 1 N–H and O–H groups in total. The lowest BCUT2D eigenvalue weighted by atomic mass is 10.0. The Bertz CT molecular complexity index is 893. The fourth-order valence-electron chi connectivity index (χ4n) is 2.71. The minimum Gasteiger partial charge on any atom is -0.478 e. The van der Waals surface area contributed by atoms with Crippen molar-refractivity contribution >= 4 is 17.0 Å². The number of carboxylic acid groups (broad SMARTS) is 1. The lowest BCUT2D eigenvalue weighted by molar-refractivity contribution is 0.0698. The molecule has 2 heterocycles. The molecule has 5 nitrogen and oxygen atoms in total. The quantitative estimate of drug-likeness (QED) is 0.797. The maximum atomic E-state index is 11.7. The molecule has 0 amide bonds. The Hall–Kier alpha value is -2.69. The maximum absolute atomic E-state index is 11.7. The van der Waals surface area contributed by atoms with Crippen molar-refractivity contribution in [2.24, 2.45) is 0 Å². The van der Waals surface area contributed by atoms with Crippen LogP contribution in [0.1, 0.15) is 47.1 Å². The van der Waals surface area contributed by atoms with Gasteiger partial charge in [-0.3, -0.25) is 0 Å². The molecule has 118 valence electrons. The van der Waals surface area contributed by atoms with Crippen LogP contribution in [0.15, 0.2) is 30.3 Å². The number of hydrogen-bond donors (Lipinski definition) is 1. The molecule has 3 aromatic rings. The molecule has 3 rings (SSSR count). The number of fused-ring (bicyclic) bond motifs is 1. The molecular formula is C18H19N3O2. The largest absolute Gasteiger partial charge is 0.478 e. The molecule has 23 heavy (non-hydrogen) atoms. The summed E-state index contributed by atoms with van der Waals surface area (Å²) < 4.78 is 1.74. The molecule has 5 heteroatoms. The van der Waals surface area contributed by atoms with Crippen molar-refractivity contribution in [1.29, 1.82) is 0 Å². The standard InChI is InChI=1S/C18H19N3O2/c1-10(2)16-15-14(18(22)23)9-12(4)19-17(15)21(20-16)13-7-5-11(3)6-8-13/h5-10H,1-4H3,(H,22,23). The van der Waals surface area contributed by atoms with Gasteiger partial charge in [0.1, 0.15) is 0 Å². The van der Waals surface area contributed by atoms with Crippen LogP contribution in [0.4, 0.5) is 0 Å². The summed E-state index contributed by atoms with van der Waals surface area (Å²) >= 11 is 0. The van der Waals surface area contributed by atoms with Gasteiger partial charge in [-0.15, -0.1) is 0 Å². The van der Waals surface area contributed by atoms with Gasteiger partial charge in [0, 0.05) is 5.69 Å². The Morgan fingerprint density at radius 3 is 2.39 bits per heavy atom. The Kier molecular flexibility index (Phi) is 3.64. The highest BCUT2D eigenvalue weighted by Crippen LogP contribution is 2.29. The molecule has 0 saturated carbocycles. The summed E-state index contributed by atoms with van der Waals surface area (Å²) in [7, 11) is 0. The maximum Gasteiger partial charge on any atom is 0.336 e. The first-order chi connectivity index (χ1) is 10.9. The summed E-state index contributed by atoms with van der Waals surface area (Å²) in [5, 5.41) is 14.9. The van der Waals surface area contributed by atoms with Gasteiger partial charge < -0.3 is 5.11 Å². The molecular weight excluding hydrogens is 290 g/mol. The highest BCUT2D eigenvalue weighted by Gasteiger charge is 2.22. The Labute approximate surface area is 134 Å². The first kappa shape index (κ1) is 15.2. The molecule has 0 fully saturated rings. The van der Waals surface area contributed by atoms with Crippen molar-refractivity contribution in [1.82, 2.24) is 14.8 Å². The molecule has 1 aromatic carbocycles. The molecule has 0 spiro atoms. The van der Waals surface area contributed by atoms with E-state index in [9.17, 15) is 9.90 Å². The highest BCUT2D eigenvalue weighted by atomic mass is 16.4. The third kappa shape index (κ3) is 2.59. The second-order valence-corrected chi connectivity index (χ2v) is 6.10. The average Bonchev–Trinajstić information content (AvgIpc) is 2.86. The molecule has 0 radical (unpaired) electrons. The van der Waals surface area contributed by atoms with Gasteiger partial charge in [-0.2, -0.15) is 5.10 Å². The predicted molar refractivity (Wildman–Crippen MR) is 89.4 cm³/mol. The van der Waals surface area contributed by atoms with Gasteiger partial charge in [-0.05, 0) is 38.0 Å². The van der Waals surface area contributed by atoms with Gasteiger partial charge in [0.15, 0.2) is 5.65 Å². The van der Waals surface area contributed by atoms with Crippen molar-refractivity contribution in [2.75, 3.05) is 0 Å². The van der Waals surface area contributed by atoms with E-state index < -0.39 is 5.97 Å². The van der Waals surface area contributed by atoms with Crippen molar-refractivity contribution in [3.63, 3.8) is 0 Å². The number of nitrogens with zero attached hydrogens (tertiary/aromatic N) is 3. The van der Waals surface area contributed by atoms with Crippen molar-refractivity contribution in [3.8, 4) is 5.69 Å². The van der Waals surface area contributed by atoms with E-state index in [0.29, 0.717) is 16.7 Å². The van der Waals surface area contributed by atoms with Crippen LogP contribution >= 0.6 is 0 Å². The summed E-state index contributed by atoms with van der Waals surface area (Å²) in [6, 6.07) is 9.56. The average molecular weight is 309 g/mol. The summed E-state index contributed by atoms with van der Waals surface area (Å²) in [5.74, 6) is -0.849. The zero-order valence-electron chi connectivity index (χ0n) is 13.7. The van der Waals surface area contributed by atoms with Gasteiger partial charge in [0.25, 0.3) is 0 Å². The van der Waals surface area contributed by atoms with Crippen LogP contribution in [-0.4, -0.2) is 25.8 Å². The normalized spacial score (nSPS) is 11.3. The number of aromatic nitrogens is 3.